The van der Waals surface area contributed by atoms with E-state index in [9.17, 15) is 0 Å². The first-order valence-electron chi connectivity index (χ1n) is 8.76. The lowest BCUT2D eigenvalue weighted by atomic mass is 10.0. The van der Waals surface area contributed by atoms with Gasteiger partial charge < -0.3 is 9.47 Å². The average molecular weight is 347 g/mol. The molecular weight excluding hydrogens is 326 g/mol. The number of methoxy groups -OCH3 is 2. The third kappa shape index (κ3) is 2.90. The smallest absolute Gasteiger partial charge is 0.178 e. The van der Waals surface area contributed by atoms with E-state index in [0.717, 1.165) is 47.6 Å². The van der Waals surface area contributed by atoms with Crippen LogP contribution in [-0.2, 0) is 12.8 Å². The molecule has 26 heavy (non-hydrogen) atoms. The van der Waals surface area contributed by atoms with Crippen LogP contribution >= 0.6 is 0 Å². The Morgan fingerprint density at radius 2 is 1.73 bits per heavy atom. The van der Waals surface area contributed by atoms with E-state index < -0.39 is 0 Å². The molecule has 4 rings (SSSR count). The first-order chi connectivity index (χ1) is 12.7. The van der Waals surface area contributed by atoms with Gasteiger partial charge in [-0.2, -0.15) is 0 Å². The molecule has 0 unspecified atom stereocenters. The Labute approximate surface area is 153 Å². The van der Waals surface area contributed by atoms with Gasteiger partial charge in [-0.25, -0.2) is 15.0 Å². The van der Waals surface area contributed by atoms with Gasteiger partial charge in [-0.3, -0.25) is 0 Å². The first-order valence-corrected chi connectivity index (χ1v) is 8.76. The van der Waals surface area contributed by atoms with Gasteiger partial charge in [0.15, 0.2) is 17.3 Å². The second-order valence-electron chi connectivity index (χ2n) is 6.41. The van der Waals surface area contributed by atoms with Crippen molar-refractivity contribution in [2.45, 2.75) is 26.2 Å². The fourth-order valence-electron chi connectivity index (χ4n) is 3.44. The topological polar surface area (TPSA) is 57.1 Å². The number of pyridine rings is 1. The van der Waals surface area contributed by atoms with Crippen LogP contribution in [0.15, 0.2) is 36.4 Å². The van der Waals surface area contributed by atoms with E-state index in [2.05, 4.69) is 4.98 Å². The van der Waals surface area contributed by atoms with Crippen molar-refractivity contribution in [1.29, 1.82) is 0 Å². The number of aromatic nitrogens is 3. The molecule has 0 fully saturated rings. The molecule has 3 aromatic rings. The highest BCUT2D eigenvalue weighted by atomic mass is 16.5. The third-order valence-electron chi connectivity index (χ3n) is 4.71. The molecule has 0 saturated heterocycles. The van der Waals surface area contributed by atoms with E-state index >= 15 is 0 Å². The number of rotatable bonds is 4. The largest absolute Gasteiger partial charge is 0.493 e. The van der Waals surface area contributed by atoms with Gasteiger partial charge in [0.05, 0.1) is 19.9 Å². The van der Waals surface area contributed by atoms with E-state index in [4.69, 9.17) is 19.4 Å². The Balaban J connectivity index is 1.88. The van der Waals surface area contributed by atoms with Crippen LogP contribution in [0.2, 0.25) is 0 Å². The lowest BCUT2D eigenvalue weighted by molar-refractivity contribution is 0.355. The van der Waals surface area contributed by atoms with Gasteiger partial charge in [-0.15, -0.1) is 0 Å². The van der Waals surface area contributed by atoms with E-state index in [0.29, 0.717) is 17.3 Å². The minimum atomic E-state index is 0.680. The number of hydrogen-bond acceptors (Lipinski definition) is 5. The first kappa shape index (κ1) is 16.5. The second kappa shape index (κ2) is 6.75. The molecule has 0 N–H and O–H groups in total. The third-order valence-corrected chi connectivity index (χ3v) is 4.71. The van der Waals surface area contributed by atoms with Gasteiger partial charge in [0.2, 0.25) is 0 Å². The van der Waals surface area contributed by atoms with Crippen LogP contribution in [-0.4, -0.2) is 29.2 Å². The molecule has 1 aliphatic carbocycles. The molecule has 5 heteroatoms. The standard InChI is InChI=1S/C21H21N3O2/c1-13-6-4-9-17(22-13)21-23-16-8-5-7-15(16)20(24-21)14-10-11-18(25-2)19(12-14)26-3/h4,6,9-12H,5,7-8H2,1-3H3. The maximum atomic E-state index is 5.47. The van der Waals surface area contributed by atoms with Gasteiger partial charge in [-0.1, -0.05) is 6.07 Å². The zero-order chi connectivity index (χ0) is 18.1. The summed E-state index contributed by atoms with van der Waals surface area (Å²) in [5.41, 5.74) is 6.10. The Morgan fingerprint density at radius 1 is 0.885 bits per heavy atom. The summed E-state index contributed by atoms with van der Waals surface area (Å²) in [7, 11) is 3.29. The average Bonchev–Trinajstić information content (AvgIpc) is 3.15. The Kier molecular flexibility index (Phi) is 4.29. The minimum Gasteiger partial charge on any atom is -0.493 e. The van der Waals surface area contributed by atoms with Crippen molar-refractivity contribution < 1.29 is 9.47 Å². The van der Waals surface area contributed by atoms with Gasteiger partial charge in [-0.05, 0) is 56.5 Å². The van der Waals surface area contributed by atoms with Crippen molar-refractivity contribution in [2.75, 3.05) is 14.2 Å². The second-order valence-corrected chi connectivity index (χ2v) is 6.41. The summed E-state index contributed by atoms with van der Waals surface area (Å²) in [6.07, 6.45) is 3.09. The zero-order valence-electron chi connectivity index (χ0n) is 15.2. The van der Waals surface area contributed by atoms with Crippen LogP contribution in [0, 0.1) is 6.92 Å². The molecule has 0 amide bonds. The van der Waals surface area contributed by atoms with Crippen LogP contribution < -0.4 is 9.47 Å². The molecule has 1 aliphatic rings. The number of ether oxygens (including phenoxy) is 2. The maximum Gasteiger partial charge on any atom is 0.178 e. The Hall–Kier alpha value is -2.95. The van der Waals surface area contributed by atoms with Crippen LogP contribution in [0.25, 0.3) is 22.8 Å². The molecule has 2 heterocycles. The van der Waals surface area contributed by atoms with E-state index in [-0.39, 0.29) is 0 Å². The van der Waals surface area contributed by atoms with Crippen LogP contribution in [0.4, 0.5) is 0 Å². The minimum absolute atomic E-state index is 0.680. The lowest BCUT2D eigenvalue weighted by Gasteiger charge is -2.13. The van der Waals surface area contributed by atoms with E-state index in [1.165, 1.54) is 5.56 Å². The normalized spacial score (nSPS) is 12.7. The SMILES string of the molecule is COc1ccc(-c2nc(-c3cccc(C)n3)nc3c2CCC3)cc1OC. The summed E-state index contributed by atoms with van der Waals surface area (Å²) in [5.74, 6) is 2.09. The summed E-state index contributed by atoms with van der Waals surface area (Å²) in [6, 6.07) is 11.9. The highest BCUT2D eigenvalue weighted by Crippen LogP contribution is 2.36. The number of benzene rings is 1. The fourth-order valence-corrected chi connectivity index (χ4v) is 3.44. The van der Waals surface area contributed by atoms with E-state index in [1.807, 2.05) is 43.3 Å². The molecule has 0 spiro atoms. The van der Waals surface area contributed by atoms with Crippen molar-refractivity contribution >= 4 is 0 Å². The predicted octanol–water partition coefficient (Wildman–Crippen LogP) is 4.02. The maximum absolute atomic E-state index is 5.47. The summed E-state index contributed by atoms with van der Waals surface area (Å²) in [5, 5.41) is 0. The Morgan fingerprint density at radius 3 is 2.50 bits per heavy atom. The van der Waals surface area contributed by atoms with Crippen LogP contribution in [0.1, 0.15) is 23.4 Å². The summed E-state index contributed by atoms with van der Waals surface area (Å²) >= 11 is 0. The molecule has 0 atom stereocenters. The molecule has 0 aliphatic heterocycles. The van der Waals surface area contributed by atoms with Gasteiger partial charge in [0, 0.05) is 22.5 Å². The number of fused-ring (bicyclic) bond motifs is 1. The monoisotopic (exact) mass is 347 g/mol. The molecule has 132 valence electrons. The number of nitrogens with zero attached hydrogens (tertiary/aromatic N) is 3. The quantitative estimate of drug-likeness (QED) is 0.713. The highest BCUT2D eigenvalue weighted by molar-refractivity contribution is 5.70. The van der Waals surface area contributed by atoms with E-state index in [1.54, 1.807) is 14.2 Å². The van der Waals surface area contributed by atoms with Gasteiger partial charge in [0.1, 0.15) is 5.69 Å². The van der Waals surface area contributed by atoms with Gasteiger partial charge >= 0.3 is 0 Å². The van der Waals surface area contributed by atoms with Gasteiger partial charge in [0.25, 0.3) is 0 Å². The lowest BCUT2D eigenvalue weighted by Crippen LogP contribution is -2.02. The molecule has 2 aromatic heterocycles. The van der Waals surface area contributed by atoms with Crippen molar-refractivity contribution in [3.63, 3.8) is 0 Å². The van der Waals surface area contributed by atoms with Crippen molar-refractivity contribution in [3.8, 4) is 34.3 Å². The number of hydrogen-bond donors (Lipinski definition) is 0. The number of aryl methyl sites for hydroxylation is 2. The zero-order valence-corrected chi connectivity index (χ0v) is 15.2. The van der Waals surface area contributed by atoms with Crippen LogP contribution in [0.5, 0.6) is 11.5 Å². The Bertz CT molecular complexity index is 969. The molecule has 0 saturated carbocycles. The van der Waals surface area contributed by atoms with Crippen molar-refractivity contribution in [1.82, 2.24) is 15.0 Å². The molecular formula is C21H21N3O2. The molecule has 5 nitrogen and oxygen atoms in total. The fraction of sp³-hybridized carbons (Fsp3) is 0.286. The molecule has 0 radical (unpaired) electrons. The van der Waals surface area contributed by atoms with Crippen LogP contribution in [0.3, 0.4) is 0 Å². The molecule has 0 bridgehead atoms. The molecule has 1 aromatic carbocycles. The van der Waals surface area contributed by atoms with Crippen molar-refractivity contribution in [2.24, 2.45) is 0 Å². The summed E-state index contributed by atoms with van der Waals surface area (Å²) in [4.78, 5) is 14.3. The summed E-state index contributed by atoms with van der Waals surface area (Å²) < 4.78 is 10.8. The summed E-state index contributed by atoms with van der Waals surface area (Å²) in [6.45, 7) is 1.98. The van der Waals surface area contributed by atoms with Crippen molar-refractivity contribution in [3.05, 3.63) is 53.3 Å². The predicted molar refractivity (Wildman–Crippen MR) is 101 cm³/mol. The highest BCUT2D eigenvalue weighted by Gasteiger charge is 2.22.